The van der Waals surface area contributed by atoms with Crippen LogP contribution >= 0.6 is 0 Å². The van der Waals surface area contributed by atoms with E-state index < -0.39 is 6.10 Å². The molecule has 0 unspecified atom stereocenters. The van der Waals surface area contributed by atoms with E-state index in [4.69, 9.17) is 9.47 Å². The molecule has 29 heavy (non-hydrogen) atoms. The van der Waals surface area contributed by atoms with E-state index in [1.165, 1.54) is 37.7 Å². The van der Waals surface area contributed by atoms with Crippen LogP contribution in [0.15, 0.2) is 72.8 Å². The molecule has 0 aliphatic heterocycles. The van der Waals surface area contributed by atoms with Crippen molar-refractivity contribution in [2.75, 3.05) is 13.2 Å². The lowest BCUT2D eigenvalue weighted by molar-refractivity contribution is -0.00877. The molecule has 0 spiro atoms. The first-order valence-electron chi connectivity index (χ1n) is 10.9. The molecular weight excluding hydrogens is 360 g/mol. The lowest BCUT2D eigenvalue weighted by atomic mass is 9.77. The van der Waals surface area contributed by atoms with Gasteiger partial charge < -0.3 is 14.6 Å². The van der Waals surface area contributed by atoms with E-state index >= 15 is 0 Å². The largest absolute Gasteiger partial charge is 0.390 e. The topological polar surface area (TPSA) is 38.7 Å². The number of benzene rings is 2. The van der Waals surface area contributed by atoms with Crippen molar-refractivity contribution in [3.8, 4) is 0 Å². The molecule has 0 bridgehead atoms. The Morgan fingerprint density at radius 3 is 2.03 bits per heavy atom. The van der Waals surface area contributed by atoms with Gasteiger partial charge in [0.15, 0.2) is 0 Å². The Hall–Kier alpha value is -1.94. The second-order valence-corrected chi connectivity index (χ2v) is 7.97. The van der Waals surface area contributed by atoms with Gasteiger partial charge in [-0.15, -0.1) is 0 Å². The van der Waals surface area contributed by atoms with Gasteiger partial charge in [-0.1, -0.05) is 92.1 Å². The number of rotatable bonds is 11. The average molecular weight is 395 g/mol. The van der Waals surface area contributed by atoms with E-state index in [1.807, 2.05) is 36.4 Å². The third kappa shape index (κ3) is 7.77. The summed E-state index contributed by atoms with van der Waals surface area (Å²) in [4.78, 5) is 0. The van der Waals surface area contributed by atoms with Crippen molar-refractivity contribution in [2.24, 2.45) is 11.8 Å². The zero-order valence-electron chi connectivity index (χ0n) is 17.3. The highest BCUT2D eigenvalue weighted by Gasteiger charge is 2.27. The molecule has 0 amide bonds. The molecule has 1 saturated carbocycles. The molecule has 1 aliphatic carbocycles. The van der Waals surface area contributed by atoms with Crippen LogP contribution < -0.4 is 0 Å². The minimum atomic E-state index is -0.479. The highest BCUT2D eigenvalue weighted by Crippen LogP contribution is 2.33. The maximum absolute atomic E-state index is 10.9. The van der Waals surface area contributed by atoms with Gasteiger partial charge in [-0.05, 0) is 29.9 Å². The highest BCUT2D eigenvalue weighted by atomic mass is 16.5. The molecule has 0 radical (unpaired) electrons. The molecule has 2 atom stereocenters. The van der Waals surface area contributed by atoms with E-state index in [-0.39, 0.29) is 5.92 Å². The summed E-state index contributed by atoms with van der Waals surface area (Å²) in [5.41, 5.74) is 2.32. The summed E-state index contributed by atoms with van der Waals surface area (Å²) in [6.45, 7) is 2.09. The van der Waals surface area contributed by atoms with Gasteiger partial charge in [0.1, 0.15) is 0 Å². The summed E-state index contributed by atoms with van der Waals surface area (Å²) < 4.78 is 11.6. The Bertz CT molecular complexity index is 692. The minimum Gasteiger partial charge on any atom is -0.390 e. The Labute approximate surface area is 175 Å². The predicted octanol–water partition coefficient (Wildman–Crippen LogP) is 5.53. The van der Waals surface area contributed by atoms with Crippen LogP contribution in [0.4, 0.5) is 0 Å². The molecule has 3 heteroatoms. The van der Waals surface area contributed by atoms with E-state index in [0.29, 0.717) is 32.3 Å². The first-order chi connectivity index (χ1) is 14.3. The van der Waals surface area contributed by atoms with Gasteiger partial charge in [-0.2, -0.15) is 0 Å². The predicted molar refractivity (Wildman–Crippen MR) is 117 cm³/mol. The molecule has 0 aromatic heterocycles. The molecule has 156 valence electrons. The first kappa shape index (κ1) is 21.8. The fraction of sp³-hybridized carbons (Fsp3) is 0.462. The summed E-state index contributed by atoms with van der Waals surface area (Å²) in [5.74, 6) is 0.663. The molecule has 1 N–H and O–H groups in total. The summed E-state index contributed by atoms with van der Waals surface area (Å²) >= 11 is 0. The van der Waals surface area contributed by atoms with Crippen LogP contribution in [0.3, 0.4) is 0 Å². The van der Waals surface area contributed by atoms with Crippen molar-refractivity contribution in [3.05, 3.63) is 83.9 Å². The van der Waals surface area contributed by atoms with Crippen LogP contribution in [0.25, 0.3) is 0 Å². The zero-order valence-corrected chi connectivity index (χ0v) is 17.3. The van der Waals surface area contributed by atoms with Crippen LogP contribution in [-0.2, 0) is 22.7 Å². The maximum atomic E-state index is 10.9. The van der Waals surface area contributed by atoms with Crippen molar-refractivity contribution < 1.29 is 14.6 Å². The smallest absolute Gasteiger partial charge is 0.0838 e. The SMILES string of the molecule is O[C@H](COCc1ccccc1)[C@@H](/C=C/COCc1ccccc1)C1CCCCC1. The summed E-state index contributed by atoms with van der Waals surface area (Å²) in [6, 6.07) is 20.3. The van der Waals surface area contributed by atoms with Crippen LogP contribution in [0.1, 0.15) is 43.2 Å². The van der Waals surface area contributed by atoms with Crippen LogP contribution in [0.2, 0.25) is 0 Å². The van der Waals surface area contributed by atoms with Crippen molar-refractivity contribution in [3.63, 3.8) is 0 Å². The number of hydrogen-bond donors (Lipinski definition) is 1. The van der Waals surface area contributed by atoms with E-state index in [0.717, 1.165) is 5.56 Å². The summed E-state index contributed by atoms with van der Waals surface area (Å²) in [5, 5.41) is 10.9. The van der Waals surface area contributed by atoms with Crippen LogP contribution in [0, 0.1) is 11.8 Å². The second kappa shape index (κ2) is 12.6. The van der Waals surface area contributed by atoms with E-state index in [1.54, 1.807) is 0 Å². The molecule has 1 aliphatic rings. The lowest BCUT2D eigenvalue weighted by Gasteiger charge is -2.31. The van der Waals surface area contributed by atoms with E-state index in [9.17, 15) is 5.11 Å². The quantitative estimate of drug-likeness (QED) is 0.402. The molecule has 0 saturated heterocycles. The van der Waals surface area contributed by atoms with Crippen molar-refractivity contribution in [1.82, 2.24) is 0 Å². The number of hydrogen-bond acceptors (Lipinski definition) is 3. The highest BCUT2D eigenvalue weighted by molar-refractivity contribution is 5.14. The molecule has 3 nitrogen and oxygen atoms in total. The van der Waals surface area contributed by atoms with Gasteiger partial charge in [-0.25, -0.2) is 0 Å². The number of ether oxygens (including phenoxy) is 2. The molecule has 0 heterocycles. The normalized spacial score (nSPS) is 17.4. The number of aliphatic hydroxyl groups excluding tert-OH is 1. The zero-order chi connectivity index (χ0) is 20.2. The molecule has 3 rings (SSSR count). The van der Waals surface area contributed by atoms with Crippen LogP contribution in [-0.4, -0.2) is 24.4 Å². The Balaban J connectivity index is 1.48. The monoisotopic (exact) mass is 394 g/mol. The third-order valence-electron chi connectivity index (χ3n) is 5.72. The standard InChI is InChI=1S/C26H34O3/c27-26(21-29-20-23-13-6-2-7-14-23)25(24-15-8-3-9-16-24)17-10-18-28-19-22-11-4-1-5-12-22/h1-2,4-7,10-14,17,24-27H,3,8-9,15-16,18-21H2/b17-10+/t25-,26+/m0/s1. The number of aliphatic hydroxyl groups is 1. The lowest BCUT2D eigenvalue weighted by Crippen LogP contribution is -2.31. The fourth-order valence-electron chi connectivity index (χ4n) is 4.13. The molecule has 2 aromatic carbocycles. The van der Waals surface area contributed by atoms with Gasteiger partial charge in [0.25, 0.3) is 0 Å². The molecule has 1 fully saturated rings. The summed E-state index contributed by atoms with van der Waals surface area (Å²) in [7, 11) is 0. The van der Waals surface area contributed by atoms with Gasteiger partial charge in [0, 0.05) is 5.92 Å². The fourth-order valence-corrected chi connectivity index (χ4v) is 4.13. The van der Waals surface area contributed by atoms with Gasteiger partial charge in [0.2, 0.25) is 0 Å². The minimum absolute atomic E-state index is 0.131. The van der Waals surface area contributed by atoms with E-state index in [2.05, 4.69) is 36.4 Å². The Kier molecular flexibility index (Phi) is 9.44. The van der Waals surface area contributed by atoms with Crippen molar-refractivity contribution >= 4 is 0 Å². The van der Waals surface area contributed by atoms with Crippen LogP contribution in [0.5, 0.6) is 0 Å². The van der Waals surface area contributed by atoms with Crippen molar-refractivity contribution in [1.29, 1.82) is 0 Å². The van der Waals surface area contributed by atoms with Gasteiger partial charge in [-0.3, -0.25) is 0 Å². The third-order valence-corrected chi connectivity index (χ3v) is 5.72. The second-order valence-electron chi connectivity index (χ2n) is 7.97. The Morgan fingerprint density at radius 1 is 0.828 bits per heavy atom. The van der Waals surface area contributed by atoms with Crippen molar-refractivity contribution in [2.45, 2.75) is 51.4 Å². The molecule has 2 aromatic rings. The van der Waals surface area contributed by atoms with Gasteiger partial charge in [0.05, 0.1) is 32.5 Å². The Morgan fingerprint density at radius 2 is 1.41 bits per heavy atom. The molecular formula is C26H34O3. The average Bonchev–Trinajstić information content (AvgIpc) is 2.78. The first-order valence-corrected chi connectivity index (χ1v) is 10.9. The van der Waals surface area contributed by atoms with Gasteiger partial charge >= 0.3 is 0 Å². The summed E-state index contributed by atoms with van der Waals surface area (Å²) in [6.07, 6.45) is 9.97. The maximum Gasteiger partial charge on any atom is 0.0838 e.